The van der Waals surface area contributed by atoms with Gasteiger partial charge >= 0.3 is 5.97 Å². The lowest BCUT2D eigenvalue weighted by molar-refractivity contribution is -0.114. The highest BCUT2D eigenvalue weighted by molar-refractivity contribution is 8.42. The topological polar surface area (TPSA) is 139 Å². The molecule has 12 heteroatoms. The molecule has 2 aliphatic rings. The third-order valence-corrected chi connectivity index (χ3v) is 8.40. The highest BCUT2D eigenvalue weighted by atomic mass is 32.3. The number of sulfone groups is 1. The zero-order valence-corrected chi connectivity index (χ0v) is 21.2. The second-order valence-corrected chi connectivity index (χ2v) is 11.4. The van der Waals surface area contributed by atoms with Crippen molar-refractivity contribution in [1.82, 2.24) is 5.01 Å². The molecule has 0 spiro atoms. The van der Waals surface area contributed by atoms with Crippen LogP contribution in [0, 0.1) is 11.3 Å². The first kappa shape index (κ1) is 25.3. The fourth-order valence-electron chi connectivity index (χ4n) is 3.33. The maximum absolute atomic E-state index is 12.6. The van der Waals surface area contributed by atoms with Gasteiger partial charge in [-0.25, -0.2) is 13.2 Å². The predicted octanol–water partition coefficient (Wildman–Crippen LogP) is 3.56. The van der Waals surface area contributed by atoms with E-state index >= 15 is 0 Å². The van der Waals surface area contributed by atoms with E-state index in [4.69, 9.17) is 14.9 Å². The quantitative estimate of drug-likeness (QED) is 0.342. The van der Waals surface area contributed by atoms with E-state index in [0.29, 0.717) is 16.9 Å². The van der Waals surface area contributed by atoms with Gasteiger partial charge in [0.1, 0.15) is 11.5 Å². The lowest BCUT2D eigenvalue weighted by Crippen LogP contribution is -2.35. The highest BCUT2D eigenvalue weighted by Crippen LogP contribution is 2.31. The minimum absolute atomic E-state index is 0.0317. The summed E-state index contributed by atoms with van der Waals surface area (Å²) in [6.07, 6.45) is 1.44. The summed E-state index contributed by atoms with van der Waals surface area (Å²) in [6, 6.07) is 12.9. The molecule has 0 bridgehead atoms. The van der Waals surface area contributed by atoms with Crippen LogP contribution in [-0.4, -0.2) is 53.5 Å². The molecule has 0 atom stereocenters. The van der Waals surface area contributed by atoms with E-state index in [9.17, 15) is 18.0 Å². The Labute approximate surface area is 212 Å². The van der Waals surface area contributed by atoms with Crippen LogP contribution >= 0.6 is 11.8 Å². The first-order valence-corrected chi connectivity index (χ1v) is 13.2. The zero-order chi connectivity index (χ0) is 26.0. The van der Waals surface area contributed by atoms with Crippen LogP contribution in [0.15, 0.2) is 64.2 Å². The summed E-state index contributed by atoms with van der Waals surface area (Å²) in [5, 5.41) is 13.5. The number of carbonyl (C=O) groups excluding carboxylic acids is 2. The molecule has 36 heavy (non-hydrogen) atoms. The first-order valence-electron chi connectivity index (χ1n) is 10.8. The van der Waals surface area contributed by atoms with Crippen molar-refractivity contribution in [1.29, 1.82) is 5.41 Å². The molecule has 0 unspecified atom stereocenters. The molecule has 4 rings (SSSR count). The van der Waals surface area contributed by atoms with Crippen LogP contribution < -0.4 is 9.47 Å². The van der Waals surface area contributed by atoms with Gasteiger partial charge in [0, 0.05) is 0 Å². The summed E-state index contributed by atoms with van der Waals surface area (Å²) in [4.78, 5) is 28.9. The molecule has 0 aromatic heterocycles. The Morgan fingerprint density at radius 1 is 1.17 bits per heavy atom. The molecule has 2 aliphatic heterocycles. The van der Waals surface area contributed by atoms with Crippen molar-refractivity contribution in [3.63, 3.8) is 0 Å². The lowest BCUT2D eigenvalue weighted by atomic mass is 10.1. The van der Waals surface area contributed by atoms with E-state index in [0.717, 1.165) is 16.8 Å². The van der Waals surface area contributed by atoms with Crippen LogP contribution in [0.25, 0.3) is 6.08 Å². The number of amides is 1. The van der Waals surface area contributed by atoms with Crippen molar-refractivity contribution in [3.8, 4) is 11.5 Å². The van der Waals surface area contributed by atoms with Crippen molar-refractivity contribution >= 4 is 54.9 Å². The summed E-state index contributed by atoms with van der Waals surface area (Å²) in [5.41, 5.74) is 0.826. The molecule has 2 heterocycles. The van der Waals surface area contributed by atoms with Gasteiger partial charge in [0.15, 0.2) is 5.84 Å². The summed E-state index contributed by atoms with van der Waals surface area (Å²) in [6.45, 7) is 3.56. The fourth-order valence-corrected chi connectivity index (χ4v) is 6.11. The Morgan fingerprint density at radius 3 is 2.56 bits per heavy atom. The third kappa shape index (κ3) is 5.39. The van der Waals surface area contributed by atoms with Gasteiger partial charge in [-0.15, -0.1) is 5.10 Å². The number of thioether (sulfide) groups is 1. The van der Waals surface area contributed by atoms with Crippen molar-refractivity contribution in [2.24, 2.45) is 16.0 Å². The number of esters is 1. The summed E-state index contributed by atoms with van der Waals surface area (Å²) < 4.78 is 35.4. The minimum atomic E-state index is -3.66. The van der Waals surface area contributed by atoms with Crippen molar-refractivity contribution < 1.29 is 27.5 Å². The van der Waals surface area contributed by atoms with E-state index in [-0.39, 0.29) is 38.4 Å². The number of amidine groups is 2. The average molecular weight is 527 g/mol. The summed E-state index contributed by atoms with van der Waals surface area (Å²) in [5.74, 6) is -0.895. The highest BCUT2D eigenvalue weighted by Gasteiger charge is 2.39. The van der Waals surface area contributed by atoms with Crippen molar-refractivity contribution in [2.75, 3.05) is 12.9 Å². The Hall–Kier alpha value is -3.77. The number of carbonyl (C=O) groups is 2. The van der Waals surface area contributed by atoms with E-state index < -0.39 is 21.7 Å². The van der Waals surface area contributed by atoms with Crippen molar-refractivity contribution in [3.05, 3.63) is 65.2 Å². The van der Waals surface area contributed by atoms with Crippen LogP contribution in [0.5, 0.6) is 11.5 Å². The number of rotatable bonds is 6. The van der Waals surface area contributed by atoms with Crippen LogP contribution in [-0.2, 0) is 14.6 Å². The molecule has 10 nitrogen and oxygen atoms in total. The van der Waals surface area contributed by atoms with Gasteiger partial charge in [-0.3, -0.25) is 10.2 Å². The molecule has 0 saturated carbocycles. The van der Waals surface area contributed by atoms with Crippen molar-refractivity contribution in [2.45, 2.75) is 13.8 Å². The number of aliphatic imine (C=N–C) groups is 1. The van der Waals surface area contributed by atoms with Gasteiger partial charge in [-0.2, -0.15) is 10.0 Å². The number of methoxy groups -OCH3 is 1. The van der Waals surface area contributed by atoms with Crippen LogP contribution in [0.1, 0.15) is 29.8 Å². The Kier molecular flexibility index (Phi) is 7.09. The van der Waals surface area contributed by atoms with E-state index in [1.807, 2.05) is 0 Å². The minimum Gasteiger partial charge on any atom is -0.497 e. The Bertz CT molecular complexity index is 1440. The second kappa shape index (κ2) is 10.1. The number of nitrogens with one attached hydrogen (secondary N) is 1. The molecule has 2 aromatic rings. The molecule has 1 amide bonds. The Balaban J connectivity index is 1.51. The molecular weight excluding hydrogens is 504 g/mol. The van der Waals surface area contributed by atoms with Gasteiger partial charge in [0.05, 0.1) is 24.0 Å². The van der Waals surface area contributed by atoms with E-state index in [2.05, 4.69) is 10.1 Å². The number of hydrazone groups is 1. The molecule has 186 valence electrons. The number of hydrogen-bond acceptors (Lipinski definition) is 9. The summed E-state index contributed by atoms with van der Waals surface area (Å²) in [7, 11) is -2.16. The zero-order valence-electron chi connectivity index (χ0n) is 19.6. The number of hydrogen-bond donors (Lipinski definition) is 1. The molecule has 1 N–H and O–H groups in total. The number of nitrogens with zero attached hydrogens (tertiary/aromatic N) is 3. The lowest BCUT2D eigenvalue weighted by Gasteiger charge is -2.20. The monoisotopic (exact) mass is 526 g/mol. The number of benzene rings is 2. The molecule has 0 aliphatic carbocycles. The van der Waals surface area contributed by atoms with Crippen LogP contribution in [0.2, 0.25) is 0 Å². The second-order valence-electron chi connectivity index (χ2n) is 8.25. The maximum atomic E-state index is 12.6. The third-order valence-electron chi connectivity index (χ3n) is 4.96. The summed E-state index contributed by atoms with van der Waals surface area (Å²) >= 11 is 0.760. The number of fused-ring (bicyclic) bond motifs is 1. The maximum Gasteiger partial charge on any atom is 0.343 e. The van der Waals surface area contributed by atoms with Gasteiger partial charge < -0.3 is 9.47 Å². The number of ether oxygens (including phenoxy) is 2. The molecule has 0 radical (unpaired) electrons. The van der Waals surface area contributed by atoms with E-state index in [1.165, 1.54) is 13.2 Å². The van der Waals surface area contributed by atoms with Crippen LogP contribution in [0.3, 0.4) is 0 Å². The van der Waals surface area contributed by atoms with Gasteiger partial charge in [0.2, 0.25) is 19.4 Å². The fraction of sp³-hybridized carbons (Fsp3) is 0.208. The Morgan fingerprint density at radius 2 is 1.89 bits per heavy atom. The molecule has 0 saturated heterocycles. The molecule has 2 aromatic carbocycles. The normalized spacial score (nSPS) is 16.7. The molecular formula is C24H22N4O6S2. The largest absolute Gasteiger partial charge is 0.497 e. The first-order chi connectivity index (χ1) is 17.1. The van der Waals surface area contributed by atoms with Gasteiger partial charge in [-0.05, 0) is 59.7 Å². The van der Waals surface area contributed by atoms with Gasteiger partial charge in [0.25, 0.3) is 5.91 Å². The van der Waals surface area contributed by atoms with Gasteiger partial charge in [-0.1, -0.05) is 32.0 Å². The smallest absolute Gasteiger partial charge is 0.343 e. The van der Waals surface area contributed by atoms with E-state index in [1.54, 1.807) is 62.4 Å². The standard InChI is InChI=1S/C24H22N4O6S2/c1-14(2)13-36(31,32)24-27-28-20(25)19(21(29)26-23(28)35-24)11-15-7-9-17(10-8-15)34-22(30)16-5-4-6-18(12-16)33-3/h4-12,14,25H,13H2,1-3H3/b19-11-,25-20?. The van der Waals surface area contributed by atoms with Crippen LogP contribution in [0.4, 0.5) is 0 Å². The predicted molar refractivity (Wildman–Crippen MR) is 138 cm³/mol. The average Bonchev–Trinajstić information content (AvgIpc) is 3.27. The SMILES string of the molecule is COc1cccc(C(=O)Oc2ccc(/C=C3/C(=N)N4N=C(S(=O)(=O)CC(C)C)SC4=NC3=O)cc2)c1. The molecule has 0 fully saturated rings.